The zero-order valence-corrected chi connectivity index (χ0v) is 27.1. The number of methoxy groups -OCH3 is 1. The highest BCUT2D eigenvalue weighted by Crippen LogP contribution is 2.43. The summed E-state index contributed by atoms with van der Waals surface area (Å²) in [5.74, 6) is -1.29. The molecule has 0 aliphatic carbocycles. The van der Waals surface area contributed by atoms with E-state index in [1.807, 2.05) is 70.7 Å². The summed E-state index contributed by atoms with van der Waals surface area (Å²) in [4.78, 5) is 35.9. The summed E-state index contributed by atoms with van der Waals surface area (Å²) in [5, 5.41) is 0.326. The second-order valence-electron chi connectivity index (χ2n) is 13.1. The number of rotatable bonds is 4. The average Bonchev–Trinajstić information content (AvgIpc) is 2.99. The molecular formula is C35H38F2N4O5. The first-order valence-corrected chi connectivity index (χ1v) is 15.4. The summed E-state index contributed by atoms with van der Waals surface area (Å²) in [6.45, 7) is 12.1. The summed E-state index contributed by atoms with van der Waals surface area (Å²) in [6.07, 6.45) is -0.438. The Hall–Kier alpha value is -4.67. The molecule has 2 aliphatic heterocycles. The van der Waals surface area contributed by atoms with Crippen molar-refractivity contribution in [3.8, 4) is 28.4 Å². The third-order valence-electron chi connectivity index (χ3n) is 8.44. The van der Waals surface area contributed by atoms with Crippen LogP contribution >= 0.6 is 0 Å². The minimum absolute atomic E-state index is 0.0350. The van der Waals surface area contributed by atoms with Crippen LogP contribution in [0.5, 0.6) is 11.5 Å². The number of benzene rings is 2. The molecule has 2 aromatic heterocycles. The van der Waals surface area contributed by atoms with Gasteiger partial charge in [-0.2, -0.15) is 0 Å². The third-order valence-corrected chi connectivity index (χ3v) is 8.44. The zero-order chi connectivity index (χ0) is 33.1. The van der Waals surface area contributed by atoms with Crippen molar-refractivity contribution in [2.75, 3.05) is 31.7 Å². The van der Waals surface area contributed by atoms with Crippen molar-refractivity contribution in [3.05, 3.63) is 76.1 Å². The molecule has 1 amide bonds. The van der Waals surface area contributed by atoms with E-state index in [0.29, 0.717) is 23.3 Å². The van der Waals surface area contributed by atoms with Crippen molar-refractivity contribution >= 4 is 22.8 Å². The summed E-state index contributed by atoms with van der Waals surface area (Å²) in [6, 6.07) is 12.3. The second kappa shape index (κ2) is 11.6. The van der Waals surface area contributed by atoms with E-state index in [1.165, 1.54) is 35.9 Å². The number of para-hydroxylation sites is 1. The Balaban J connectivity index is 1.61. The minimum atomic E-state index is -0.789. The van der Waals surface area contributed by atoms with Crippen molar-refractivity contribution < 1.29 is 27.8 Å². The van der Waals surface area contributed by atoms with Crippen LogP contribution < -0.4 is 19.9 Å². The monoisotopic (exact) mass is 632 g/mol. The Morgan fingerprint density at radius 2 is 1.80 bits per heavy atom. The molecule has 6 rings (SSSR count). The first kappa shape index (κ1) is 31.3. The molecule has 2 atom stereocenters. The number of hydrogen-bond acceptors (Lipinski definition) is 7. The molecule has 1 saturated heterocycles. The SMILES string of the molecule is COc1cccc(F)c1-c1nc2c(cc1F)c1c(c(=O)n2-c2ccccc2C(C)C)OC[C@H]2CN(C(=O)OC(C)(C)C)[C@H](C)CN12. The lowest BCUT2D eigenvalue weighted by atomic mass is 9.99. The van der Waals surface area contributed by atoms with Crippen LogP contribution in [0.25, 0.3) is 28.0 Å². The van der Waals surface area contributed by atoms with E-state index in [-0.39, 0.29) is 59.6 Å². The lowest BCUT2D eigenvalue weighted by molar-refractivity contribution is 0.00992. The molecule has 0 saturated carbocycles. The van der Waals surface area contributed by atoms with Gasteiger partial charge in [0.15, 0.2) is 11.5 Å². The molecule has 46 heavy (non-hydrogen) atoms. The Morgan fingerprint density at radius 3 is 2.50 bits per heavy atom. The lowest BCUT2D eigenvalue weighted by Crippen LogP contribution is -2.62. The van der Waals surface area contributed by atoms with Gasteiger partial charge in [0.1, 0.15) is 29.5 Å². The van der Waals surface area contributed by atoms with Crippen LogP contribution in [-0.4, -0.2) is 65.0 Å². The minimum Gasteiger partial charge on any atom is -0.496 e. The van der Waals surface area contributed by atoms with E-state index in [2.05, 4.69) is 0 Å². The fourth-order valence-electron chi connectivity index (χ4n) is 6.35. The smallest absolute Gasteiger partial charge is 0.410 e. The molecule has 11 heteroatoms. The second-order valence-corrected chi connectivity index (χ2v) is 13.1. The standard InChI is InChI=1S/C35H38F2N4O5/c1-19(2)22-11-8-9-13-26(22)41-32-23(15-25(37)29(38-32)28-24(36)12-10-14-27(28)44-7)30-31(33(41)42)45-18-21-17-39(20(3)16-40(21)30)34(43)46-35(4,5)6/h8-15,19-21H,16-18H2,1-7H3/t20-,21-/m1/s1. The molecule has 2 aliphatic rings. The summed E-state index contributed by atoms with van der Waals surface area (Å²) in [7, 11) is 1.37. The van der Waals surface area contributed by atoms with Gasteiger partial charge in [-0.05, 0) is 63.4 Å². The van der Waals surface area contributed by atoms with Crippen LogP contribution in [0.3, 0.4) is 0 Å². The number of piperazine rings is 1. The average molecular weight is 633 g/mol. The largest absolute Gasteiger partial charge is 0.496 e. The summed E-state index contributed by atoms with van der Waals surface area (Å²) in [5.41, 5.74) is 0.403. The maximum Gasteiger partial charge on any atom is 0.410 e. The number of nitrogens with zero attached hydrogens (tertiary/aromatic N) is 4. The van der Waals surface area contributed by atoms with Gasteiger partial charge in [0.2, 0.25) is 5.75 Å². The van der Waals surface area contributed by atoms with Crippen LogP contribution in [0.15, 0.2) is 53.3 Å². The van der Waals surface area contributed by atoms with E-state index >= 15 is 8.78 Å². The molecule has 0 N–H and O–H groups in total. The topological polar surface area (TPSA) is 86.1 Å². The lowest BCUT2D eigenvalue weighted by Gasteiger charge is -2.48. The van der Waals surface area contributed by atoms with Crippen LogP contribution in [0.2, 0.25) is 0 Å². The zero-order valence-electron chi connectivity index (χ0n) is 27.1. The molecule has 0 unspecified atom stereocenters. The molecule has 1 fully saturated rings. The van der Waals surface area contributed by atoms with Gasteiger partial charge in [-0.1, -0.05) is 38.1 Å². The molecule has 2 aromatic carbocycles. The van der Waals surface area contributed by atoms with Gasteiger partial charge in [-0.3, -0.25) is 9.36 Å². The number of hydrogen-bond donors (Lipinski definition) is 0. The fourth-order valence-corrected chi connectivity index (χ4v) is 6.35. The highest BCUT2D eigenvalue weighted by Gasteiger charge is 2.42. The van der Waals surface area contributed by atoms with E-state index < -0.39 is 28.9 Å². The van der Waals surface area contributed by atoms with E-state index in [9.17, 15) is 9.59 Å². The van der Waals surface area contributed by atoms with Crippen LogP contribution in [0.1, 0.15) is 53.0 Å². The number of ether oxygens (including phenoxy) is 3. The fraction of sp³-hybridized carbons (Fsp3) is 0.400. The maximum absolute atomic E-state index is 16.2. The molecule has 242 valence electrons. The Bertz CT molecular complexity index is 1900. The number of carbonyl (C=O) groups excluding carboxylic acids is 1. The molecule has 9 nitrogen and oxygen atoms in total. The van der Waals surface area contributed by atoms with Gasteiger partial charge in [0.05, 0.1) is 30.1 Å². The third kappa shape index (κ3) is 5.31. The van der Waals surface area contributed by atoms with Crippen molar-refractivity contribution in [1.29, 1.82) is 0 Å². The quantitative estimate of drug-likeness (QED) is 0.249. The van der Waals surface area contributed by atoms with Gasteiger partial charge in [-0.15, -0.1) is 0 Å². The maximum atomic E-state index is 16.2. The number of fused-ring (bicyclic) bond motifs is 5. The number of pyridine rings is 2. The highest BCUT2D eigenvalue weighted by atomic mass is 19.1. The van der Waals surface area contributed by atoms with Crippen LogP contribution in [0, 0.1) is 11.6 Å². The van der Waals surface area contributed by atoms with Gasteiger partial charge in [0.25, 0.3) is 0 Å². The van der Waals surface area contributed by atoms with Crippen molar-refractivity contribution in [1.82, 2.24) is 14.5 Å². The Morgan fingerprint density at radius 1 is 1.07 bits per heavy atom. The number of aromatic nitrogens is 2. The Labute approximate surface area is 266 Å². The summed E-state index contributed by atoms with van der Waals surface area (Å²) < 4.78 is 50.2. The summed E-state index contributed by atoms with van der Waals surface area (Å²) >= 11 is 0. The van der Waals surface area contributed by atoms with Gasteiger partial charge < -0.3 is 24.0 Å². The van der Waals surface area contributed by atoms with Gasteiger partial charge in [-0.25, -0.2) is 18.6 Å². The first-order chi connectivity index (χ1) is 21.8. The predicted molar refractivity (Wildman–Crippen MR) is 172 cm³/mol. The molecule has 0 spiro atoms. The molecular weight excluding hydrogens is 594 g/mol. The van der Waals surface area contributed by atoms with Crippen LogP contribution in [0.4, 0.5) is 19.3 Å². The van der Waals surface area contributed by atoms with Crippen LogP contribution in [-0.2, 0) is 4.74 Å². The number of amides is 1. The number of carbonyl (C=O) groups is 1. The number of halogens is 2. The van der Waals surface area contributed by atoms with Crippen molar-refractivity contribution in [2.24, 2.45) is 0 Å². The molecule has 0 bridgehead atoms. The molecule has 0 radical (unpaired) electrons. The predicted octanol–water partition coefficient (Wildman–Crippen LogP) is 6.67. The van der Waals surface area contributed by atoms with Gasteiger partial charge >= 0.3 is 11.7 Å². The van der Waals surface area contributed by atoms with E-state index in [1.54, 1.807) is 4.90 Å². The number of anilines is 1. The normalized spacial score (nSPS) is 17.9. The van der Waals surface area contributed by atoms with Gasteiger partial charge in [0, 0.05) is 24.5 Å². The highest BCUT2D eigenvalue weighted by molar-refractivity contribution is 5.96. The van der Waals surface area contributed by atoms with E-state index in [4.69, 9.17) is 19.2 Å². The molecule has 4 heterocycles. The first-order valence-electron chi connectivity index (χ1n) is 15.4. The Kier molecular flexibility index (Phi) is 7.90. The molecule has 4 aromatic rings. The van der Waals surface area contributed by atoms with Crippen molar-refractivity contribution in [2.45, 2.75) is 65.1 Å². The van der Waals surface area contributed by atoms with E-state index in [0.717, 1.165) is 5.56 Å². The van der Waals surface area contributed by atoms with Crippen molar-refractivity contribution in [3.63, 3.8) is 0 Å².